The number of rotatable bonds is 6. The summed E-state index contributed by atoms with van der Waals surface area (Å²) in [5.41, 5.74) is 0.520. The number of amides is 1. The van der Waals surface area contributed by atoms with Gasteiger partial charge in [0.2, 0.25) is 0 Å². The zero-order valence-corrected chi connectivity index (χ0v) is 17.4. The molecule has 2 atom stereocenters. The van der Waals surface area contributed by atoms with Crippen LogP contribution >= 0.6 is 11.6 Å². The van der Waals surface area contributed by atoms with E-state index >= 15 is 0 Å². The number of ether oxygens (including phenoxy) is 3. The van der Waals surface area contributed by atoms with E-state index in [9.17, 15) is 4.79 Å². The largest absolute Gasteiger partial charge is 0.497 e. The molecule has 6 heteroatoms. The lowest BCUT2D eigenvalue weighted by Gasteiger charge is -2.38. The van der Waals surface area contributed by atoms with Gasteiger partial charge in [-0.15, -0.1) is 0 Å². The molecular formula is C22H26ClNO4. The first kappa shape index (κ1) is 20.3. The first-order valence-electron chi connectivity index (χ1n) is 9.41. The lowest BCUT2D eigenvalue weighted by atomic mass is 9.89. The van der Waals surface area contributed by atoms with Gasteiger partial charge in [0.05, 0.1) is 13.2 Å². The first-order chi connectivity index (χ1) is 13.3. The standard InChI is InChI=1S/C22H26ClNO4/c1-5-19(27-15-8-6-14(23)7-9-15)21(25)24-18-13-22(2,3)28-20-11-10-16(26-4)12-17(18)20/h6-12,18-19H,5,13H2,1-4H3,(H,24,25)/t18-,19+/m0/s1. The van der Waals surface area contributed by atoms with Crippen LogP contribution in [0.5, 0.6) is 17.2 Å². The topological polar surface area (TPSA) is 56.8 Å². The Morgan fingerprint density at radius 1 is 1.25 bits per heavy atom. The maximum atomic E-state index is 13.0. The Labute approximate surface area is 170 Å². The Morgan fingerprint density at radius 2 is 1.93 bits per heavy atom. The van der Waals surface area contributed by atoms with E-state index < -0.39 is 11.7 Å². The van der Waals surface area contributed by atoms with Crippen molar-refractivity contribution in [1.82, 2.24) is 5.32 Å². The highest BCUT2D eigenvalue weighted by molar-refractivity contribution is 6.30. The fourth-order valence-electron chi connectivity index (χ4n) is 3.35. The molecule has 5 nitrogen and oxygen atoms in total. The molecule has 2 aromatic carbocycles. The second-order valence-corrected chi connectivity index (χ2v) is 7.94. The summed E-state index contributed by atoms with van der Waals surface area (Å²) in [6.45, 7) is 5.95. The molecule has 0 aromatic heterocycles. The van der Waals surface area contributed by atoms with E-state index in [1.807, 2.05) is 39.0 Å². The molecule has 0 saturated heterocycles. The van der Waals surface area contributed by atoms with Crippen molar-refractivity contribution < 1.29 is 19.0 Å². The van der Waals surface area contributed by atoms with E-state index in [2.05, 4.69) is 5.32 Å². The number of hydrogen-bond donors (Lipinski definition) is 1. The molecule has 0 unspecified atom stereocenters. The van der Waals surface area contributed by atoms with Gasteiger partial charge in [-0.3, -0.25) is 4.79 Å². The van der Waals surface area contributed by atoms with Crippen LogP contribution in [0.4, 0.5) is 0 Å². The zero-order chi connectivity index (χ0) is 20.3. The average molecular weight is 404 g/mol. The van der Waals surface area contributed by atoms with E-state index in [0.29, 0.717) is 23.6 Å². The number of carbonyl (C=O) groups is 1. The Bertz CT molecular complexity index is 835. The van der Waals surface area contributed by atoms with E-state index in [0.717, 1.165) is 17.1 Å². The van der Waals surface area contributed by atoms with Crippen molar-refractivity contribution in [2.45, 2.75) is 51.4 Å². The summed E-state index contributed by atoms with van der Waals surface area (Å²) in [7, 11) is 1.62. The van der Waals surface area contributed by atoms with Gasteiger partial charge in [-0.05, 0) is 62.7 Å². The second-order valence-electron chi connectivity index (χ2n) is 7.50. The van der Waals surface area contributed by atoms with Crippen LogP contribution in [0.2, 0.25) is 5.02 Å². The summed E-state index contributed by atoms with van der Waals surface area (Å²) in [5, 5.41) is 3.76. The molecule has 0 bridgehead atoms. The van der Waals surface area contributed by atoms with Gasteiger partial charge in [-0.25, -0.2) is 0 Å². The molecule has 0 spiro atoms. The minimum absolute atomic E-state index is 0.158. The molecule has 0 fully saturated rings. The van der Waals surface area contributed by atoms with Crippen LogP contribution in [0.1, 0.15) is 45.2 Å². The van der Waals surface area contributed by atoms with Gasteiger partial charge in [0, 0.05) is 17.0 Å². The van der Waals surface area contributed by atoms with E-state index in [-0.39, 0.29) is 11.9 Å². The fourth-order valence-corrected chi connectivity index (χ4v) is 3.48. The lowest BCUT2D eigenvalue weighted by Crippen LogP contribution is -2.45. The smallest absolute Gasteiger partial charge is 0.261 e. The van der Waals surface area contributed by atoms with Gasteiger partial charge in [0.1, 0.15) is 22.8 Å². The van der Waals surface area contributed by atoms with Crippen LogP contribution in [0.3, 0.4) is 0 Å². The molecule has 28 heavy (non-hydrogen) atoms. The van der Waals surface area contributed by atoms with Gasteiger partial charge in [0.15, 0.2) is 6.10 Å². The lowest BCUT2D eigenvalue weighted by molar-refractivity contribution is -0.129. The Balaban J connectivity index is 1.79. The van der Waals surface area contributed by atoms with Gasteiger partial charge in [0.25, 0.3) is 5.91 Å². The van der Waals surface area contributed by atoms with E-state index in [4.69, 9.17) is 25.8 Å². The van der Waals surface area contributed by atoms with Crippen LogP contribution in [-0.2, 0) is 4.79 Å². The zero-order valence-electron chi connectivity index (χ0n) is 16.6. The number of fused-ring (bicyclic) bond motifs is 1. The number of nitrogens with one attached hydrogen (secondary N) is 1. The van der Waals surface area contributed by atoms with Gasteiger partial charge in [-0.2, -0.15) is 0 Å². The van der Waals surface area contributed by atoms with Crippen LogP contribution < -0.4 is 19.5 Å². The minimum Gasteiger partial charge on any atom is -0.497 e. The van der Waals surface area contributed by atoms with Crippen LogP contribution in [0.15, 0.2) is 42.5 Å². The third-order valence-electron chi connectivity index (χ3n) is 4.75. The highest BCUT2D eigenvalue weighted by Crippen LogP contribution is 2.41. The maximum Gasteiger partial charge on any atom is 0.261 e. The molecule has 1 aliphatic heterocycles. The summed E-state index contributed by atoms with van der Waals surface area (Å²) >= 11 is 5.92. The Hall–Kier alpha value is -2.40. The number of benzene rings is 2. The minimum atomic E-state index is -0.596. The number of hydrogen-bond acceptors (Lipinski definition) is 4. The van der Waals surface area contributed by atoms with Crippen molar-refractivity contribution >= 4 is 17.5 Å². The Morgan fingerprint density at radius 3 is 2.57 bits per heavy atom. The monoisotopic (exact) mass is 403 g/mol. The quantitative estimate of drug-likeness (QED) is 0.743. The second kappa shape index (κ2) is 8.31. The van der Waals surface area contributed by atoms with Crippen molar-refractivity contribution in [3.05, 3.63) is 53.1 Å². The molecule has 0 saturated carbocycles. The number of halogens is 1. The summed E-state index contributed by atoms with van der Waals surface area (Å²) in [6, 6.07) is 12.5. The van der Waals surface area contributed by atoms with Crippen LogP contribution in [0.25, 0.3) is 0 Å². The average Bonchev–Trinajstić information content (AvgIpc) is 2.66. The molecule has 1 amide bonds. The van der Waals surface area contributed by atoms with Gasteiger partial charge < -0.3 is 19.5 Å². The SMILES string of the molecule is CC[C@@H](Oc1ccc(Cl)cc1)C(=O)N[C@H]1CC(C)(C)Oc2ccc(OC)cc21. The van der Waals surface area contributed by atoms with Gasteiger partial charge >= 0.3 is 0 Å². The van der Waals surface area contributed by atoms with Crippen LogP contribution in [0, 0.1) is 0 Å². The molecule has 1 N–H and O–H groups in total. The maximum absolute atomic E-state index is 13.0. The molecular weight excluding hydrogens is 378 g/mol. The van der Waals surface area contributed by atoms with E-state index in [1.54, 1.807) is 31.4 Å². The molecule has 1 aliphatic rings. The van der Waals surface area contributed by atoms with Crippen molar-refractivity contribution in [3.8, 4) is 17.2 Å². The molecule has 150 valence electrons. The summed E-state index contributed by atoms with van der Waals surface area (Å²) in [6.07, 6.45) is 0.601. The van der Waals surface area contributed by atoms with Gasteiger partial charge in [-0.1, -0.05) is 18.5 Å². The number of methoxy groups -OCH3 is 1. The van der Waals surface area contributed by atoms with Crippen molar-refractivity contribution in [2.24, 2.45) is 0 Å². The third kappa shape index (κ3) is 4.71. The molecule has 1 heterocycles. The first-order valence-corrected chi connectivity index (χ1v) is 9.78. The summed E-state index contributed by atoms with van der Waals surface area (Å²) in [4.78, 5) is 13.0. The third-order valence-corrected chi connectivity index (χ3v) is 5.00. The summed E-state index contributed by atoms with van der Waals surface area (Å²) in [5.74, 6) is 1.94. The molecule has 0 aliphatic carbocycles. The van der Waals surface area contributed by atoms with Crippen LogP contribution in [-0.4, -0.2) is 24.7 Å². The molecule has 2 aromatic rings. The summed E-state index contributed by atoms with van der Waals surface area (Å²) < 4.78 is 17.3. The van der Waals surface area contributed by atoms with E-state index in [1.165, 1.54) is 0 Å². The highest BCUT2D eigenvalue weighted by Gasteiger charge is 2.36. The molecule has 3 rings (SSSR count). The predicted molar refractivity (Wildman–Crippen MR) is 109 cm³/mol. The molecule has 0 radical (unpaired) electrons. The van der Waals surface area contributed by atoms with Crippen molar-refractivity contribution in [3.63, 3.8) is 0 Å². The predicted octanol–water partition coefficient (Wildman–Crippen LogP) is 4.92. The Kier molecular flexibility index (Phi) is 6.04. The normalized spacial score (nSPS) is 18.4. The van der Waals surface area contributed by atoms with Crippen molar-refractivity contribution in [1.29, 1.82) is 0 Å². The number of carbonyl (C=O) groups excluding carboxylic acids is 1. The highest BCUT2D eigenvalue weighted by atomic mass is 35.5. The van der Waals surface area contributed by atoms with Crippen molar-refractivity contribution in [2.75, 3.05) is 7.11 Å². The fraction of sp³-hybridized carbons (Fsp3) is 0.409.